The number of hydrogen-bond donors (Lipinski definition) is 2. The van der Waals surface area contributed by atoms with Gasteiger partial charge in [0.25, 0.3) is 0 Å². The van der Waals surface area contributed by atoms with Gasteiger partial charge < -0.3 is 9.84 Å². The van der Waals surface area contributed by atoms with Crippen LogP contribution in [-0.2, 0) is 16.0 Å². The third-order valence-corrected chi connectivity index (χ3v) is 3.78. The topological polar surface area (TPSA) is 84.2 Å². The van der Waals surface area contributed by atoms with Crippen molar-refractivity contribution in [3.8, 4) is 0 Å². The summed E-state index contributed by atoms with van der Waals surface area (Å²) in [6, 6.07) is 9.36. The van der Waals surface area contributed by atoms with Gasteiger partial charge in [-0.15, -0.1) is 0 Å². The van der Waals surface area contributed by atoms with Crippen LogP contribution >= 0.6 is 0 Å². The van der Waals surface area contributed by atoms with Crippen LogP contribution in [-0.4, -0.2) is 17.0 Å². The van der Waals surface area contributed by atoms with Crippen LogP contribution in [0.1, 0.15) is 43.7 Å². The molecule has 0 saturated carbocycles. The predicted molar refractivity (Wildman–Crippen MR) is 91.4 cm³/mol. The highest BCUT2D eigenvalue weighted by atomic mass is 16.5. The SMILES string of the molecule is CCc1ccc([C@H](NC(=O)C(=O)Nc2cc(C)on2)C(C)C)cc1. The number of rotatable bonds is 5. The molecule has 0 radical (unpaired) electrons. The molecular weight excluding hydrogens is 306 g/mol. The van der Waals surface area contributed by atoms with E-state index in [9.17, 15) is 9.59 Å². The van der Waals surface area contributed by atoms with E-state index < -0.39 is 11.8 Å². The van der Waals surface area contributed by atoms with E-state index in [1.54, 1.807) is 13.0 Å². The maximum Gasteiger partial charge on any atom is 0.314 e. The van der Waals surface area contributed by atoms with Crippen LogP contribution in [0.5, 0.6) is 0 Å². The molecule has 0 fully saturated rings. The van der Waals surface area contributed by atoms with Crippen LogP contribution in [0.15, 0.2) is 34.9 Å². The van der Waals surface area contributed by atoms with Crippen molar-refractivity contribution < 1.29 is 14.1 Å². The number of carbonyl (C=O) groups is 2. The lowest BCUT2D eigenvalue weighted by Crippen LogP contribution is -2.39. The van der Waals surface area contributed by atoms with Gasteiger partial charge in [-0.2, -0.15) is 0 Å². The molecule has 0 spiro atoms. The summed E-state index contributed by atoms with van der Waals surface area (Å²) < 4.78 is 4.86. The van der Waals surface area contributed by atoms with E-state index in [1.807, 2.05) is 38.1 Å². The lowest BCUT2D eigenvalue weighted by molar-refractivity contribution is -0.136. The molecule has 0 unspecified atom stereocenters. The fraction of sp³-hybridized carbons (Fsp3) is 0.389. The molecule has 2 N–H and O–H groups in total. The molecule has 0 bridgehead atoms. The van der Waals surface area contributed by atoms with Crippen molar-refractivity contribution in [3.05, 3.63) is 47.2 Å². The molecule has 24 heavy (non-hydrogen) atoms. The van der Waals surface area contributed by atoms with Crippen LogP contribution < -0.4 is 10.6 Å². The van der Waals surface area contributed by atoms with Crippen molar-refractivity contribution in [2.45, 2.75) is 40.2 Å². The Morgan fingerprint density at radius 2 is 1.83 bits per heavy atom. The van der Waals surface area contributed by atoms with E-state index in [4.69, 9.17) is 4.52 Å². The minimum atomic E-state index is -0.765. The Labute approximate surface area is 141 Å². The van der Waals surface area contributed by atoms with Gasteiger partial charge in [0.1, 0.15) is 5.76 Å². The highest BCUT2D eigenvalue weighted by Crippen LogP contribution is 2.22. The Morgan fingerprint density at radius 1 is 1.17 bits per heavy atom. The zero-order chi connectivity index (χ0) is 17.7. The van der Waals surface area contributed by atoms with E-state index >= 15 is 0 Å². The number of carbonyl (C=O) groups excluding carboxylic acids is 2. The molecule has 1 atom stereocenters. The summed E-state index contributed by atoms with van der Waals surface area (Å²) in [5, 5.41) is 8.85. The second kappa shape index (κ2) is 7.77. The number of aromatic nitrogens is 1. The smallest absolute Gasteiger partial charge is 0.314 e. The molecule has 0 aliphatic heterocycles. The van der Waals surface area contributed by atoms with Crippen LogP contribution in [0.2, 0.25) is 0 Å². The van der Waals surface area contributed by atoms with E-state index in [0.29, 0.717) is 5.76 Å². The molecule has 0 aliphatic carbocycles. The number of benzene rings is 1. The molecule has 1 aromatic heterocycles. The highest BCUT2D eigenvalue weighted by molar-refractivity contribution is 6.39. The average Bonchev–Trinajstić information content (AvgIpc) is 2.97. The molecule has 2 amide bonds. The first kappa shape index (κ1) is 17.7. The molecular formula is C18H23N3O3. The van der Waals surface area contributed by atoms with Crippen molar-refractivity contribution in [1.82, 2.24) is 10.5 Å². The van der Waals surface area contributed by atoms with Crippen LogP contribution in [0.3, 0.4) is 0 Å². The van der Waals surface area contributed by atoms with Crippen molar-refractivity contribution in [3.63, 3.8) is 0 Å². The van der Waals surface area contributed by atoms with Crippen LogP contribution in [0, 0.1) is 12.8 Å². The molecule has 6 heteroatoms. The van der Waals surface area contributed by atoms with E-state index in [1.165, 1.54) is 5.56 Å². The predicted octanol–water partition coefficient (Wildman–Crippen LogP) is 3.00. The van der Waals surface area contributed by atoms with Gasteiger partial charge in [0.2, 0.25) is 0 Å². The molecule has 2 rings (SSSR count). The molecule has 0 aliphatic rings. The van der Waals surface area contributed by atoms with Crippen LogP contribution in [0.4, 0.5) is 5.82 Å². The second-order valence-electron chi connectivity index (χ2n) is 6.07. The summed E-state index contributed by atoms with van der Waals surface area (Å²) in [6.07, 6.45) is 0.957. The third-order valence-electron chi connectivity index (χ3n) is 3.78. The minimum absolute atomic E-state index is 0.142. The second-order valence-corrected chi connectivity index (χ2v) is 6.07. The Morgan fingerprint density at radius 3 is 2.33 bits per heavy atom. The first-order valence-electron chi connectivity index (χ1n) is 8.04. The first-order valence-corrected chi connectivity index (χ1v) is 8.04. The number of nitrogens with one attached hydrogen (secondary N) is 2. The van der Waals surface area contributed by atoms with Crippen molar-refractivity contribution in [1.29, 1.82) is 0 Å². The van der Waals surface area contributed by atoms with Crippen LogP contribution in [0.25, 0.3) is 0 Å². The van der Waals surface area contributed by atoms with Gasteiger partial charge in [0, 0.05) is 6.07 Å². The van der Waals surface area contributed by atoms with Gasteiger partial charge >= 0.3 is 11.8 Å². The maximum absolute atomic E-state index is 12.2. The number of amides is 2. The normalized spacial score (nSPS) is 12.0. The third kappa shape index (κ3) is 4.44. The number of aryl methyl sites for hydroxylation is 2. The fourth-order valence-corrected chi connectivity index (χ4v) is 2.40. The Kier molecular flexibility index (Phi) is 5.73. The maximum atomic E-state index is 12.2. The standard InChI is InChI=1S/C18H23N3O3/c1-5-13-6-8-14(9-7-13)16(11(2)3)20-18(23)17(22)19-15-10-12(4)24-21-15/h6-11,16H,5H2,1-4H3,(H,20,23)(H,19,21,22)/t16-/m1/s1. The quantitative estimate of drug-likeness (QED) is 0.826. The number of hydrogen-bond acceptors (Lipinski definition) is 4. The summed E-state index contributed by atoms with van der Waals surface area (Å²) in [5.74, 6) is -0.542. The Balaban J connectivity index is 2.05. The lowest BCUT2D eigenvalue weighted by atomic mass is 9.95. The van der Waals surface area contributed by atoms with E-state index in [0.717, 1.165) is 12.0 Å². The van der Waals surface area contributed by atoms with E-state index in [-0.39, 0.29) is 17.8 Å². The Hall–Kier alpha value is -2.63. The van der Waals surface area contributed by atoms with Gasteiger partial charge in [-0.25, -0.2) is 0 Å². The lowest BCUT2D eigenvalue weighted by Gasteiger charge is -2.22. The van der Waals surface area contributed by atoms with Gasteiger partial charge in [0.05, 0.1) is 6.04 Å². The monoisotopic (exact) mass is 329 g/mol. The average molecular weight is 329 g/mol. The largest absolute Gasteiger partial charge is 0.360 e. The van der Waals surface area contributed by atoms with E-state index in [2.05, 4.69) is 22.7 Å². The molecule has 2 aromatic rings. The summed E-state index contributed by atoms with van der Waals surface area (Å²) in [6.45, 7) is 7.79. The summed E-state index contributed by atoms with van der Waals surface area (Å²) in [7, 11) is 0. The van der Waals surface area contributed by atoms with Crippen molar-refractivity contribution in [2.75, 3.05) is 5.32 Å². The summed E-state index contributed by atoms with van der Waals surface area (Å²) in [4.78, 5) is 24.2. The molecule has 0 saturated heterocycles. The van der Waals surface area contributed by atoms with Crippen molar-refractivity contribution in [2.24, 2.45) is 5.92 Å². The van der Waals surface area contributed by atoms with Gasteiger partial charge in [-0.3, -0.25) is 14.9 Å². The van der Waals surface area contributed by atoms with Crippen molar-refractivity contribution >= 4 is 17.6 Å². The fourth-order valence-electron chi connectivity index (χ4n) is 2.40. The first-order chi connectivity index (χ1) is 11.4. The van der Waals surface area contributed by atoms with Gasteiger partial charge in [0.15, 0.2) is 5.82 Å². The minimum Gasteiger partial charge on any atom is -0.360 e. The highest BCUT2D eigenvalue weighted by Gasteiger charge is 2.23. The zero-order valence-electron chi connectivity index (χ0n) is 14.4. The molecule has 1 aromatic carbocycles. The molecule has 128 valence electrons. The van der Waals surface area contributed by atoms with Gasteiger partial charge in [-0.1, -0.05) is 50.2 Å². The summed E-state index contributed by atoms with van der Waals surface area (Å²) >= 11 is 0. The summed E-state index contributed by atoms with van der Waals surface area (Å²) in [5.41, 5.74) is 2.20. The number of nitrogens with zero attached hydrogens (tertiary/aromatic N) is 1. The molecule has 1 heterocycles. The Bertz CT molecular complexity index is 705. The molecule has 6 nitrogen and oxygen atoms in total. The van der Waals surface area contributed by atoms with Gasteiger partial charge in [-0.05, 0) is 30.4 Å². The number of anilines is 1. The zero-order valence-corrected chi connectivity index (χ0v) is 14.4.